The Bertz CT molecular complexity index is 1010. The van der Waals surface area contributed by atoms with Crippen LogP contribution in [-0.2, 0) is 23.9 Å². The van der Waals surface area contributed by atoms with Gasteiger partial charge in [0, 0.05) is 42.1 Å². The van der Waals surface area contributed by atoms with Crippen molar-refractivity contribution >= 4 is 23.3 Å². The van der Waals surface area contributed by atoms with Gasteiger partial charge in [0.1, 0.15) is 11.6 Å². The molecule has 1 N–H and O–H groups in total. The van der Waals surface area contributed by atoms with Crippen molar-refractivity contribution in [2.45, 2.75) is 99.5 Å². The number of hydrogen-bond donors (Lipinski definition) is 1. The fraction of sp³-hybridized carbons (Fsp3) is 0.793. The van der Waals surface area contributed by atoms with Crippen LogP contribution in [0, 0.1) is 39.4 Å². The van der Waals surface area contributed by atoms with Gasteiger partial charge in [0.2, 0.25) is 0 Å². The lowest BCUT2D eigenvalue weighted by molar-refractivity contribution is -0.147. The second-order valence-corrected chi connectivity index (χ2v) is 12.9. The topological polar surface area (TPSA) is 97.7 Å². The molecule has 35 heavy (non-hydrogen) atoms. The average molecular weight is 487 g/mol. The van der Waals surface area contributed by atoms with Gasteiger partial charge in [-0.3, -0.25) is 19.2 Å². The van der Waals surface area contributed by atoms with Gasteiger partial charge in [-0.1, -0.05) is 34.6 Å². The number of carbonyl (C=O) groups excluding carboxylic acids is 4. The molecule has 0 heterocycles. The van der Waals surface area contributed by atoms with E-state index in [1.807, 2.05) is 27.7 Å². The number of aliphatic hydroxyl groups is 1. The molecule has 6 heteroatoms. The van der Waals surface area contributed by atoms with Gasteiger partial charge < -0.3 is 9.84 Å². The molecule has 4 aliphatic rings. The molecule has 0 aromatic carbocycles. The Hall–Kier alpha value is -1.82. The monoisotopic (exact) mass is 486 g/mol. The summed E-state index contributed by atoms with van der Waals surface area (Å²) in [5, 5.41) is 11.6. The Labute approximate surface area is 209 Å². The van der Waals surface area contributed by atoms with Crippen molar-refractivity contribution in [1.82, 2.24) is 0 Å². The lowest BCUT2D eigenvalue weighted by atomic mass is 9.42. The van der Waals surface area contributed by atoms with E-state index in [0.29, 0.717) is 56.3 Å². The van der Waals surface area contributed by atoms with Crippen molar-refractivity contribution in [2.75, 3.05) is 6.61 Å². The molecule has 194 valence electrons. The number of esters is 1. The van der Waals surface area contributed by atoms with Crippen LogP contribution < -0.4 is 0 Å². The number of ketones is 3. The van der Waals surface area contributed by atoms with Crippen LogP contribution in [-0.4, -0.2) is 41.1 Å². The molecule has 0 bridgehead atoms. The molecule has 0 spiro atoms. The SMILES string of the molecule is CCOC(=O)CC[C@@H](C)[C@H]1CC(=O)[C@@]2(C)C3=C(C(=O)C[C@]12C)[C@@]1(C)CCC(=O)C(C)(C)[C@@H]1C[C@@H]3O. The zero-order chi connectivity index (χ0) is 26.1. The van der Waals surface area contributed by atoms with Gasteiger partial charge >= 0.3 is 5.97 Å². The highest BCUT2D eigenvalue weighted by Gasteiger charge is 2.70. The van der Waals surface area contributed by atoms with Crippen molar-refractivity contribution in [3.63, 3.8) is 0 Å². The third-order valence-corrected chi connectivity index (χ3v) is 10.9. The van der Waals surface area contributed by atoms with E-state index in [1.165, 1.54) is 0 Å². The standard InChI is InChI=1S/C29H42O6/c1-8-35-23(34)10-9-16(2)17-13-22(33)29(7)25-18(30)14-20-26(3,4)21(32)11-12-27(20,5)24(25)19(31)15-28(17,29)6/h16-18,20,30H,8-15H2,1-7H3/t16-,17-,18+,20+,27+,28-,29+/m1/s1. The van der Waals surface area contributed by atoms with E-state index >= 15 is 0 Å². The molecular formula is C29H42O6. The molecule has 0 aromatic heterocycles. The molecular weight excluding hydrogens is 444 g/mol. The molecule has 0 radical (unpaired) electrons. The summed E-state index contributed by atoms with van der Waals surface area (Å²) < 4.78 is 5.09. The summed E-state index contributed by atoms with van der Waals surface area (Å²) in [4.78, 5) is 52.6. The minimum absolute atomic E-state index is 0.0219. The summed E-state index contributed by atoms with van der Waals surface area (Å²) >= 11 is 0. The van der Waals surface area contributed by atoms with Gasteiger partial charge in [-0.05, 0) is 61.9 Å². The fourth-order valence-corrected chi connectivity index (χ4v) is 8.70. The van der Waals surface area contributed by atoms with Crippen LogP contribution in [0.15, 0.2) is 11.1 Å². The molecule has 2 saturated carbocycles. The first-order valence-electron chi connectivity index (χ1n) is 13.3. The third kappa shape index (κ3) is 3.45. The van der Waals surface area contributed by atoms with Crippen LogP contribution in [0.25, 0.3) is 0 Å². The van der Waals surface area contributed by atoms with Crippen LogP contribution in [0.1, 0.15) is 93.4 Å². The molecule has 6 nitrogen and oxygen atoms in total. The number of allylic oxidation sites excluding steroid dienone is 1. The van der Waals surface area contributed by atoms with E-state index < -0.39 is 27.8 Å². The maximum Gasteiger partial charge on any atom is 0.305 e. The summed E-state index contributed by atoms with van der Waals surface area (Å²) in [6, 6.07) is 0. The number of carbonyl (C=O) groups is 4. The van der Waals surface area contributed by atoms with Gasteiger partial charge in [0.15, 0.2) is 5.78 Å². The second-order valence-electron chi connectivity index (χ2n) is 12.9. The van der Waals surface area contributed by atoms with E-state index in [4.69, 9.17) is 4.74 Å². The smallest absolute Gasteiger partial charge is 0.305 e. The van der Waals surface area contributed by atoms with Crippen LogP contribution in [0.4, 0.5) is 0 Å². The molecule has 7 atom stereocenters. The van der Waals surface area contributed by atoms with E-state index in [2.05, 4.69) is 13.8 Å². The highest BCUT2D eigenvalue weighted by Crippen LogP contribution is 2.70. The summed E-state index contributed by atoms with van der Waals surface area (Å²) in [6.45, 7) is 14.1. The first-order valence-corrected chi connectivity index (χ1v) is 13.3. The van der Waals surface area contributed by atoms with Gasteiger partial charge in [-0.15, -0.1) is 0 Å². The molecule has 0 amide bonds. The molecule has 0 aromatic rings. The van der Waals surface area contributed by atoms with Crippen molar-refractivity contribution in [3.05, 3.63) is 11.1 Å². The Balaban J connectivity index is 1.77. The quantitative estimate of drug-likeness (QED) is 0.570. The zero-order valence-corrected chi connectivity index (χ0v) is 22.5. The molecule has 4 aliphatic carbocycles. The molecule has 2 fully saturated rings. The lowest BCUT2D eigenvalue weighted by Gasteiger charge is -2.60. The van der Waals surface area contributed by atoms with Crippen molar-refractivity contribution in [3.8, 4) is 0 Å². The van der Waals surface area contributed by atoms with Crippen LogP contribution >= 0.6 is 0 Å². The van der Waals surface area contributed by atoms with Crippen molar-refractivity contribution < 1.29 is 29.0 Å². The van der Waals surface area contributed by atoms with Crippen molar-refractivity contribution in [2.24, 2.45) is 39.4 Å². The van der Waals surface area contributed by atoms with Crippen molar-refractivity contribution in [1.29, 1.82) is 0 Å². The van der Waals surface area contributed by atoms with E-state index in [9.17, 15) is 24.3 Å². The van der Waals surface area contributed by atoms with Gasteiger partial charge in [-0.2, -0.15) is 0 Å². The molecule has 4 rings (SSSR count). The predicted octanol–water partition coefficient (Wildman–Crippen LogP) is 4.61. The molecule has 0 saturated heterocycles. The van der Waals surface area contributed by atoms with Gasteiger partial charge in [0.05, 0.1) is 18.1 Å². The number of aliphatic hydroxyl groups excluding tert-OH is 1. The normalized spacial score (nSPS) is 41.3. The number of Topliss-reactive ketones (excluding diaryl/α,β-unsaturated/α-hetero) is 3. The average Bonchev–Trinajstić information content (AvgIpc) is 2.97. The highest BCUT2D eigenvalue weighted by atomic mass is 16.5. The van der Waals surface area contributed by atoms with Crippen LogP contribution in [0.5, 0.6) is 0 Å². The lowest BCUT2D eigenvalue weighted by Crippen LogP contribution is -2.60. The molecule has 0 unspecified atom stereocenters. The largest absolute Gasteiger partial charge is 0.466 e. The van der Waals surface area contributed by atoms with E-state index in [-0.39, 0.29) is 47.5 Å². The number of hydrogen-bond acceptors (Lipinski definition) is 6. The number of fused-ring (bicyclic) bond motifs is 4. The Morgan fingerprint density at radius 2 is 1.77 bits per heavy atom. The summed E-state index contributed by atoms with van der Waals surface area (Å²) in [5.74, 6) is -0.0954. The van der Waals surface area contributed by atoms with E-state index in [0.717, 1.165) is 0 Å². The third-order valence-electron chi connectivity index (χ3n) is 10.9. The second kappa shape index (κ2) is 8.36. The summed E-state index contributed by atoms with van der Waals surface area (Å²) in [6.07, 6.45) is 1.96. The predicted molar refractivity (Wildman–Crippen MR) is 131 cm³/mol. The Kier molecular flexibility index (Phi) is 6.27. The maximum atomic E-state index is 14.0. The van der Waals surface area contributed by atoms with E-state index in [1.54, 1.807) is 6.92 Å². The van der Waals surface area contributed by atoms with Crippen LogP contribution in [0.3, 0.4) is 0 Å². The number of ether oxygens (including phenoxy) is 1. The highest BCUT2D eigenvalue weighted by molar-refractivity contribution is 6.05. The van der Waals surface area contributed by atoms with Gasteiger partial charge in [0.25, 0.3) is 0 Å². The minimum atomic E-state index is -0.932. The number of rotatable bonds is 5. The maximum absolute atomic E-state index is 14.0. The summed E-state index contributed by atoms with van der Waals surface area (Å²) in [7, 11) is 0. The minimum Gasteiger partial charge on any atom is -0.466 e. The van der Waals surface area contributed by atoms with Gasteiger partial charge in [-0.25, -0.2) is 0 Å². The fourth-order valence-electron chi connectivity index (χ4n) is 8.70. The summed E-state index contributed by atoms with van der Waals surface area (Å²) in [5.41, 5.74) is -1.45. The molecule has 0 aliphatic heterocycles. The first-order chi connectivity index (χ1) is 16.2. The first kappa shape index (κ1) is 26.2. The van der Waals surface area contributed by atoms with Crippen LogP contribution in [0.2, 0.25) is 0 Å². The zero-order valence-electron chi connectivity index (χ0n) is 22.5. The Morgan fingerprint density at radius 1 is 1.11 bits per heavy atom. The Morgan fingerprint density at radius 3 is 2.40 bits per heavy atom.